The van der Waals surface area contributed by atoms with Crippen molar-refractivity contribution in [1.82, 2.24) is 0 Å². The van der Waals surface area contributed by atoms with E-state index in [0.29, 0.717) is 0 Å². The Labute approximate surface area is 190 Å². The number of allylic oxidation sites excluding steroid dienone is 8. The summed E-state index contributed by atoms with van der Waals surface area (Å²) in [6, 6.07) is 34.5. The van der Waals surface area contributed by atoms with Crippen molar-refractivity contribution in [3.8, 4) is 0 Å². The summed E-state index contributed by atoms with van der Waals surface area (Å²) >= 11 is -3.21. The van der Waals surface area contributed by atoms with Gasteiger partial charge in [-0.05, 0) is 0 Å². The van der Waals surface area contributed by atoms with Gasteiger partial charge in [-0.1, -0.05) is 0 Å². The summed E-state index contributed by atoms with van der Waals surface area (Å²) in [5, 5.41) is 2.37. The summed E-state index contributed by atoms with van der Waals surface area (Å²) in [6.07, 6.45) is 16.5. The van der Waals surface area contributed by atoms with Gasteiger partial charge in [-0.3, -0.25) is 0 Å². The molecule has 0 amide bonds. The van der Waals surface area contributed by atoms with Crippen molar-refractivity contribution in [2.75, 3.05) is 0 Å². The van der Waals surface area contributed by atoms with Crippen LogP contribution in [0.2, 0.25) is 4.63 Å². The quantitative estimate of drug-likeness (QED) is 0.311. The molecule has 5 rings (SSSR count). The summed E-state index contributed by atoms with van der Waals surface area (Å²) in [4.78, 5) is 0. The summed E-state index contributed by atoms with van der Waals surface area (Å²) in [7, 11) is 0. The SMILES string of the molecule is [CH3][Zr]([C]1=CC=CC1)([C]1=CC=CC1)[Si](c1ccccc1)(c1ccccc1)c1ccccc1. The first-order valence-corrected chi connectivity index (χ1v) is 21.8. The van der Waals surface area contributed by atoms with Crippen LogP contribution in [-0.2, 0) is 19.4 Å². The van der Waals surface area contributed by atoms with Gasteiger partial charge in [0.2, 0.25) is 0 Å². The Bertz CT molecular complexity index is 1040. The normalized spacial score (nSPS) is 15.8. The van der Waals surface area contributed by atoms with Crippen LogP contribution in [0.5, 0.6) is 0 Å². The summed E-state index contributed by atoms with van der Waals surface area (Å²) < 4.78 is 6.23. The van der Waals surface area contributed by atoms with Gasteiger partial charge in [0.05, 0.1) is 0 Å². The van der Waals surface area contributed by atoms with Gasteiger partial charge in [0.15, 0.2) is 0 Å². The van der Waals surface area contributed by atoms with E-state index in [1.807, 2.05) is 0 Å². The van der Waals surface area contributed by atoms with Crippen LogP contribution in [0.1, 0.15) is 12.8 Å². The van der Waals surface area contributed by atoms with Crippen molar-refractivity contribution in [2.45, 2.75) is 17.5 Å². The Morgan fingerprint density at radius 1 is 0.548 bits per heavy atom. The molecule has 0 fully saturated rings. The van der Waals surface area contributed by atoms with Crippen molar-refractivity contribution in [2.24, 2.45) is 0 Å². The molecule has 0 heterocycles. The number of hydrogen-bond donors (Lipinski definition) is 0. The van der Waals surface area contributed by atoms with Crippen LogP contribution in [0.15, 0.2) is 134 Å². The zero-order valence-electron chi connectivity index (χ0n) is 18.0. The summed E-state index contributed by atoms with van der Waals surface area (Å²) in [6.45, 7) is 0. The molecule has 3 aromatic carbocycles. The second kappa shape index (κ2) is 8.69. The van der Waals surface area contributed by atoms with E-state index in [0.717, 1.165) is 12.8 Å². The average molecular weight is 496 g/mol. The summed E-state index contributed by atoms with van der Waals surface area (Å²) in [5.41, 5.74) is 0. The third kappa shape index (κ3) is 3.28. The molecule has 2 aliphatic carbocycles. The molecule has 0 radical (unpaired) electrons. The molecule has 0 saturated heterocycles. The third-order valence-corrected chi connectivity index (χ3v) is 41.7. The second-order valence-corrected chi connectivity index (χ2v) is 32.0. The van der Waals surface area contributed by atoms with Gasteiger partial charge in [-0.2, -0.15) is 0 Å². The second-order valence-electron chi connectivity index (χ2n) is 8.62. The van der Waals surface area contributed by atoms with Crippen molar-refractivity contribution in [1.29, 1.82) is 0 Å². The number of rotatable bonds is 6. The monoisotopic (exact) mass is 494 g/mol. The molecule has 31 heavy (non-hydrogen) atoms. The zero-order valence-corrected chi connectivity index (χ0v) is 21.5. The van der Waals surface area contributed by atoms with E-state index in [-0.39, 0.29) is 0 Å². The predicted octanol–water partition coefficient (Wildman–Crippen LogP) is 5.54. The van der Waals surface area contributed by atoms with Crippen LogP contribution in [0.3, 0.4) is 0 Å². The van der Waals surface area contributed by atoms with Gasteiger partial charge in [0.1, 0.15) is 0 Å². The fourth-order valence-electron chi connectivity index (χ4n) is 5.75. The molecule has 0 spiro atoms. The van der Waals surface area contributed by atoms with Gasteiger partial charge in [0, 0.05) is 0 Å². The van der Waals surface area contributed by atoms with Crippen LogP contribution in [0.25, 0.3) is 0 Å². The molecule has 0 saturated carbocycles. The molecule has 152 valence electrons. The fraction of sp³-hybridized carbons (Fsp3) is 0.103. The van der Waals surface area contributed by atoms with E-state index in [9.17, 15) is 0 Å². The van der Waals surface area contributed by atoms with Crippen LogP contribution in [0.4, 0.5) is 0 Å². The molecule has 2 aliphatic rings. The molecule has 3 aromatic rings. The standard InChI is InChI=1S/C18H15Si.2C5H5.CH3.Zr/c1-4-10-16(11-5-1)19(17-12-6-2-7-13-17)18-14-8-3-9-15-18;2*1-2-4-5-3-1;;/h1-15H;2*1-3H,4H2;1H3;. The molecule has 0 bridgehead atoms. The Balaban J connectivity index is 1.94. The average Bonchev–Trinajstić information content (AvgIpc) is 3.57. The Kier molecular flexibility index (Phi) is 5.78. The molecule has 0 aliphatic heterocycles. The minimum absolute atomic E-state index is 1.12. The van der Waals surface area contributed by atoms with Crippen molar-refractivity contribution in [3.63, 3.8) is 0 Å². The molecule has 0 aromatic heterocycles. The summed E-state index contributed by atoms with van der Waals surface area (Å²) in [5.74, 6) is 0. The van der Waals surface area contributed by atoms with Crippen LogP contribution >= 0.6 is 0 Å². The predicted molar refractivity (Wildman–Crippen MR) is 134 cm³/mol. The van der Waals surface area contributed by atoms with Crippen LogP contribution in [-0.4, -0.2) is 5.20 Å². The Morgan fingerprint density at radius 3 is 1.19 bits per heavy atom. The van der Waals surface area contributed by atoms with Crippen molar-refractivity contribution >= 4 is 20.8 Å². The van der Waals surface area contributed by atoms with Gasteiger partial charge >= 0.3 is 192 Å². The maximum absolute atomic E-state index is 3.21. The Morgan fingerprint density at radius 2 is 0.903 bits per heavy atom. The Hall–Kier alpha value is -2.28. The van der Waals surface area contributed by atoms with E-state index in [1.54, 1.807) is 22.1 Å². The topological polar surface area (TPSA) is 0 Å². The molecule has 2 heteroatoms. The molecule has 0 N–H and O–H groups in total. The van der Waals surface area contributed by atoms with Crippen molar-refractivity contribution in [3.05, 3.63) is 134 Å². The van der Waals surface area contributed by atoms with E-state index in [4.69, 9.17) is 0 Å². The van der Waals surface area contributed by atoms with Gasteiger partial charge in [-0.25, -0.2) is 0 Å². The molecule has 0 atom stereocenters. The maximum atomic E-state index is 2.74. The third-order valence-electron chi connectivity index (χ3n) is 7.20. The van der Waals surface area contributed by atoms with Crippen molar-refractivity contribution < 1.29 is 19.4 Å². The first kappa shape index (κ1) is 20.6. The van der Waals surface area contributed by atoms with E-state index in [1.165, 1.54) is 0 Å². The van der Waals surface area contributed by atoms with E-state index < -0.39 is 24.6 Å². The van der Waals surface area contributed by atoms with E-state index >= 15 is 0 Å². The number of benzene rings is 3. The number of hydrogen-bond acceptors (Lipinski definition) is 0. The zero-order chi connectivity index (χ0) is 21.2. The van der Waals surface area contributed by atoms with Crippen LogP contribution < -0.4 is 15.6 Å². The van der Waals surface area contributed by atoms with E-state index in [2.05, 4.69) is 132 Å². The van der Waals surface area contributed by atoms with Gasteiger partial charge < -0.3 is 0 Å². The first-order valence-electron chi connectivity index (χ1n) is 11.2. The minimum atomic E-state index is -3.21. The molecular weight excluding hydrogens is 468 g/mol. The van der Waals surface area contributed by atoms with Gasteiger partial charge in [0.25, 0.3) is 0 Å². The molecule has 0 unspecified atom stereocenters. The molecule has 0 nitrogen and oxygen atoms in total. The van der Waals surface area contributed by atoms with Crippen LogP contribution in [0, 0.1) is 0 Å². The first-order chi connectivity index (χ1) is 15.3. The van der Waals surface area contributed by atoms with Gasteiger partial charge in [-0.15, -0.1) is 0 Å². The fourth-order valence-corrected chi connectivity index (χ4v) is 43.0. The molecular formula is C29H28SiZr.